The van der Waals surface area contributed by atoms with Crippen LogP contribution in [0.25, 0.3) is 10.9 Å². The molecule has 1 aliphatic carbocycles. The summed E-state index contributed by atoms with van der Waals surface area (Å²) >= 11 is 0. The lowest BCUT2D eigenvalue weighted by atomic mass is 9.83. The van der Waals surface area contributed by atoms with Gasteiger partial charge in [-0.3, -0.25) is 4.79 Å². The molecule has 2 aliphatic heterocycles. The van der Waals surface area contributed by atoms with Crippen LogP contribution in [0.4, 0.5) is 0 Å². The van der Waals surface area contributed by atoms with Crippen molar-refractivity contribution in [3.05, 3.63) is 59.5 Å². The van der Waals surface area contributed by atoms with Crippen LogP contribution >= 0.6 is 0 Å². The highest BCUT2D eigenvalue weighted by atomic mass is 16.8. The molecule has 5 rings (SSSR count). The Bertz CT molecular complexity index is 1320. The first kappa shape index (κ1) is 29.2. The number of para-hydroxylation sites is 1. The first-order valence-corrected chi connectivity index (χ1v) is 13.3. The van der Waals surface area contributed by atoms with Crippen LogP contribution in [-0.4, -0.2) is 106 Å². The van der Waals surface area contributed by atoms with E-state index < -0.39 is 73.4 Å². The monoisotopic (exact) mass is 574 g/mol. The Morgan fingerprint density at radius 1 is 1.12 bits per heavy atom. The quantitative estimate of drug-likeness (QED) is 0.143. The molecule has 1 aromatic carbocycles. The molecule has 222 valence electrons. The molecule has 3 heterocycles. The molecule has 2 aromatic rings. The fourth-order valence-electron chi connectivity index (χ4n) is 5.73. The van der Waals surface area contributed by atoms with Crippen LogP contribution in [0.5, 0.6) is 0 Å². The van der Waals surface area contributed by atoms with Crippen LogP contribution in [0.15, 0.2) is 53.9 Å². The van der Waals surface area contributed by atoms with E-state index in [1.54, 1.807) is 12.3 Å². The summed E-state index contributed by atoms with van der Waals surface area (Å²) in [6.45, 7) is -0.979. The third-order valence-electron chi connectivity index (χ3n) is 7.97. The summed E-state index contributed by atoms with van der Waals surface area (Å²) in [7, 11) is 1.24. The summed E-state index contributed by atoms with van der Waals surface area (Å²) < 4.78 is 22.0. The number of hydrogen-bond acceptors (Lipinski definition) is 11. The van der Waals surface area contributed by atoms with Crippen LogP contribution in [0.1, 0.15) is 12.0 Å². The minimum atomic E-state index is -1.66. The van der Waals surface area contributed by atoms with Gasteiger partial charge in [-0.1, -0.05) is 24.3 Å². The van der Waals surface area contributed by atoms with E-state index >= 15 is 0 Å². The molecule has 1 saturated heterocycles. The second-order valence-corrected chi connectivity index (χ2v) is 10.3. The van der Waals surface area contributed by atoms with E-state index in [2.05, 4.69) is 10.3 Å². The SMILES string of the molecule is COC(=O)[C@H](Cc1c[nH]c2ccccc12)NC(=O)C1=CO[C@@H](O[C@@H]2O[C@H](CO)[C@@H](O)[C@H](O)[C@H]2O)[C@@H]2C(CO)=CC[C@H]12. The average molecular weight is 575 g/mol. The van der Waals surface area contributed by atoms with Gasteiger partial charge in [0, 0.05) is 29.4 Å². The minimum Gasteiger partial charge on any atom is -0.471 e. The van der Waals surface area contributed by atoms with E-state index in [-0.39, 0.29) is 18.6 Å². The van der Waals surface area contributed by atoms with Crippen LogP contribution in [0, 0.1) is 11.8 Å². The molecule has 1 fully saturated rings. The third-order valence-corrected chi connectivity index (χ3v) is 7.97. The molecule has 0 bridgehead atoms. The number of H-pyrrole nitrogens is 1. The number of carbonyl (C=O) groups is 2. The van der Waals surface area contributed by atoms with Gasteiger partial charge in [0.15, 0.2) is 6.29 Å². The highest BCUT2D eigenvalue weighted by molar-refractivity contribution is 5.97. The van der Waals surface area contributed by atoms with E-state index in [1.165, 1.54) is 13.4 Å². The molecule has 13 nitrogen and oxygen atoms in total. The van der Waals surface area contributed by atoms with Gasteiger partial charge >= 0.3 is 5.97 Å². The van der Waals surface area contributed by atoms with Gasteiger partial charge in [-0.25, -0.2) is 4.79 Å². The second-order valence-electron chi connectivity index (χ2n) is 10.3. The first-order chi connectivity index (χ1) is 19.8. The standard InChI is InChI=1S/C28H34N2O11/c1-38-26(37)19(8-14-9-29-18-5-3-2-4-15(14)18)30-25(36)17-12-39-27(21-13(10-31)6-7-16(17)21)41-28-24(35)23(34)22(33)20(11-32)40-28/h2-6,9,12,16,19-24,27-29,31-35H,7-8,10-11H2,1H3,(H,30,36)/t16-,19+,20-,21-,22-,23+,24-,27+,28+/m1/s1. The molecule has 9 atom stereocenters. The van der Waals surface area contributed by atoms with Gasteiger partial charge < -0.3 is 54.8 Å². The number of allylic oxidation sites excluding steroid dienone is 1. The maximum absolute atomic E-state index is 13.5. The van der Waals surface area contributed by atoms with Crippen molar-refractivity contribution in [3.63, 3.8) is 0 Å². The van der Waals surface area contributed by atoms with E-state index in [0.29, 0.717) is 12.0 Å². The number of carbonyl (C=O) groups excluding carboxylic acids is 2. The maximum atomic E-state index is 13.5. The molecule has 0 unspecified atom stereocenters. The fourth-order valence-corrected chi connectivity index (χ4v) is 5.73. The van der Waals surface area contributed by atoms with Gasteiger partial charge in [0.25, 0.3) is 5.91 Å². The number of aromatic amines is 1. The maximum Gasteiger partial charge on any atom is 0.328 e. The number of hydrogen-bond donors (Lipinski definition) is 7. The molecule has 0 spiro atoms. The average Bonchev–Trinajstić information content (AvgIpc) is 3.61. The van der Waals surface area contributed by atoms with Crippen molar-refractivity contribution in [2.75, 3.05) is 20.3 Å². The number of rotatable bonds is 9. The Labute approximate surface area is 235 Å². The summed E-state index contributed by atoms with van der Waals surface area (Å²) in [6.07, 6.45) is -3.37. The van der Waals surface area contributed by atoms with Crippen molar-refractivity contribution in [1.29, 1.82) is 0 Å². The topological polar surface area (TPSA) is 200 Å². The lowest BCUT2D eigenvalue weighted by Crippen LogP contribution is -2.60. The second kappa shape index (κ2) is 12.3. The summed E-state index contributed by atoms with van der Waals surface area (Å²) in [5.41, 5.74) is 2.46. The van der Waals surface area contributed by atoms with Gasteiger partial charge in [-0.05, 0) is 23.6 Å². The van der Waals surface area contributed by atoms with Gasteiger partial charge in [0.05, 0.1) is 38.1 Å². The molecular formula is C28H34N2O11. The summed E-state index contributed by atoms with van der Waals surface area (Å²) in [4.78, 5) is 29.3. The predicted octanol–water partition coefficient (Wildman–Crippen LogP) is -1.02. The predicted molar refractivity (Wildman–Crippen MR) is 141 cm³/mol. The highest BCUT2D eigenvalue weighted by Gasteiger charge is 2.49. The number of benzene rings is 1. The normalized spacial score (nSPS) is 32.0. The summed E-state index contributed by atoms with van der Waals surface area (Å²) in [5.74, 6) is -2.36. The molecular weight excluding hydrogens is 540 g/mol. The zero-order valence-electron chi connectivity index (χ0n) is 22.3. The Hall–Kier alpha value is -3.30. The van der Waals surface area contributed by atoms with E-state index in [0.717, 1.165) is 16.5 Å². The van der Waals surface area contributed by atoms with Crippen molar-refractivity contribution in [2.45, 2.75) is 55.9 Å². The van der Waals surface area contributed by atoms with E-state index in [1.807, 2.05) is 24.3 Å². The zero-order valence-corrected chi connectivity index (χ0v) is 22.3. The lowest BCUT2D eigenvalue weighted by Gasteiger charge is -2.43. The van der Waals surface area contributed by atoms with Crippen LogP contribution in [0.3, 0.4) is 0 Å². The molecule has 1 aromatic heterocycles. The zero-order chi connectivity index (χ0) is 29.3. The number of aliphatic hydroxyl groups is 5. The van der Waals surface area contributed by atoms with Gasteiger partial charge in [-0.2, -0.15) is 0 Å². The number of methoxy groups -OCH3 is 1. The molecule has 1 amide bonds. The smallest absolute Gasteiger partial charge is 0.328 e. The van der Waals surface area contributed by atoms with Crippen molar-refractivity contribution in [1.82, 2.24) is 10.3 Å². The fraction of sp³-hybridized carbons (Fsp3) is 0.500. The number of aliphatic hydroxyl groups excluding tert-OH is 5. The number of nitrogens with one attached hydrogen (secondary N) is 2. The van der Waals surface area contributed by atoms with Crippen molar-refractivity contribution in [2.24, 2.45) is 11.8 Å². The largest absolute Gasteiger partial charge is 0.471 e. The molecule has 3 aliphatic rings. The highest BCUT2D eigenvalue weighted by Crippen LogP contribution is 2.44. The van der Waals surface area contributed by atoms with Crippen LogP contribution < -0.4 is 5.32 Å². The van der Waals surface area contributed by atoms with Crippen LogP contribution in [0.2, 0.25) is 0 Å². The first-order valence-electron chi connectivity index (χ1n) is 13.3. The Kier molecular flexibility index (Phi) is 8.75. The molecule has 7 N–H and O–H groups in total. The van der Waals surface area contributed by atoms with E-state index in [9.17, 15) is 35.1 Å². The van der Waals surface area contributed by atoms with Crippen molar-refractivity contribution in [3.8, 4) is 0 Å². The van der Waals surface area contributed by atoms with Gasteiger partial charge in [-0.15, -0.1) is 0 Å². The number of ether oxygens (including phenoxy) is 4. The van der Waals surface area contributed by atoms with E-state index in [4.69, 9.17) is 18.9 Å². The molecule has 0 radical (unpaired) electrons. The summed E-state index contributed by atoms with van der Waals surface area (Å²) in [6, 6.07) is 6.59. The van der Waals surface area contributed by atoms with Crippen LogP contribution in [-0.2, 0) is 35.0 Å². The van der Waals surface area contributed by atoms with Crippen molar-refractivity contribution >= 4 is 22.8 Å². The number of amides is 1. The lowest BCUT2D eigenvalue weighted by molar-refractivity contribution is -0.339. The summed E-state index contributed by atoms with van der Waals surface area (Å²) in [5, 5.41) is 53.7. The number of esters is 1. The molecule has 41 heavy (non-hydrogen) atoms. The Morgan fingerprint density at radius 2 is 1.90 bits per heavy atom. The van der Waals surface area contributed by atoms with Gasteiger partial charge in [0.1, 0.15) is 30.5 Å². The Morgan fingerprint density at radius 3 is 2.63 bits per heavy atom. The molecule has 13 heteroatoms. The molecule has 0 saturated carbocycles. The third kappa shape index (κ3) is 5.62. The number of aromatic nitrogens is 1. The Balaban J connectivity index is 1.34. The van der Waals surface area contributed by atoms with Crippen molar-refractivity contribution < 1.29 is 54.1 Å². The number of fused-ring (bicyclic) bond motifs is 2. The van der Waals surface area contributed by atoms with Gasteiger partial charge in [0.2, 0.25) is 6.29 Å². The minimum absolute atomic E-state index is 0.174.